The van der Waals surface area contributed by atoms with Gasteiger partial charge in [0, 0.05) is 13.2 Å². The number of halogens is 1. The van der Waals surface area contributed by atoms with Gasteiger partial charge in [0.15, 0.2) is 0 Å². The smallest absolute Gasteiger partial charge is 0.123 e. The van der Waals surface area contributed by atoms with Crippen LogP contribution in [0, 0.1) is 22.6 Å². The molecule has 1 atom stereocenters. The standard InChI is InChI=1S/C14H16FNO2/c1-13(17,11-3-2-4-12(15)9-11)14(10-16)5-7-18-8-6-14/h2-4,9,17H,5-8H2,1H3. The highest BCUT2D eigenvalue weighted by Gasteiger charge is 2.49. The highest BCUT2D eigenvalue weighted by Crippen LogP contribution is 2.46. The third-order valence-electron chi connectivity index (χ3n) is 3.88. The van der Waals surface area contributed by atoms with Crippen molar-refractivity contribution >= 4 is 0 Å². The minimum absolute atomic E-state index is 0.409. The van der Waals surface area contributed by atoms with Crippen molar-refractivity contribution in [1.29, 1.82) is 5.26 Å². The molecule has 1 aromatic carbocycles. The molecule has 1 fully saturated rings. The molecule has 0 saturated carbocycles. The third-order valence-corrected chi connectivity index (χ3v) is 3.88. The van der Waals surface area contributed by atoms with Crippen LogP contribution in [0.3, 0.4) is 0 Å². The van der Waals surface area contributed by atoms with E-state index in [0.29, 0.717) is 31.6 Å². The topological polar surface area (TPSA) is 53.2 Å². The predicted molar refractivity (Wildman–Crippen MR) is 64.1 cm³/mol. The largest absolute Gasteiger partial charge is 0.384 e. The van der Waals surface area contributed by atoms with Gasteiger partial charge in [-0.1, -0.05) is 12.1 Å². The number of hydrogen-bond acceptors (Lipinski definition) is 3. The summed E-state index contributed by atoms with van der Waals surface area (Å²) in [6.45, 7) is 2.47. The van der Waals surface area contributed by atoms with Crippen LogP contribution in [0.2, 0.25) is 0 Å². The lowest BCUT2D eigenvalue weighted by Crippen LogP contribution is -2.46. The Morgan fingerprint density at radius 1 is 1.44 bits per heavy atom. The van der Waals surface area contributed by atoms with E-state index in [1.807, 2.05) is 0 Å². The van der Waals surface area contributed by atoms with E-state index in [-0.39, 0.29) is 0 Å². The van der Waals surface area contributed by atoms with Gasteiger partial charge >= 0.3 is 0 Å². The summed E-state index contributed by atoms with van der Waals surface area (Å²) in [6, 6.07) is 8.03. The summed E-state index contributed by atoms with van der Waals surface area (Å²) in [5.41, 5.74) is -1.86. The van der Waals surface area contributed by atoms with E-state index in [0.717, 1.165) is 0 Å². The molecule has 0 aromatic heterocycles. The van der Waals surface area contributed by atoms with E-state index in [1.165, 1.54) is 12.1 Å². The minimum atomic E-state index is -1.38. The molecule has 1 aliphatic rings. The Morgan fingerprint density at radius 3 is 2.67 bits per heavy atom. The Morgan fingerprint density at radius 2 is 2.11 bits per heavy atom. The maximum Gasteiger partial charge on any atom is 0.123 e. The lowest BCUT2D eigenvalue weighted by molar-refractivity contribution is -0.0976. The fourth-order valence-corrected chi connectivity index (χ4v) is 2.49. The summed E-state index contributed by atoms with van der Waals surface area (Å²) >= 11 is 0. The zero-order chi connectivity index (χ0) is 13.2. The van der Waals surface area contributed by atoms with Crippen LogP contribution in [0.5, 0.6) is 0 Å². The normalized spacial score (nSPS) is 21.9. The summed E-state index contributed by atoms with van der Waals surface area (Å²) in [6.07, 6.45) is 0.903. The number of benzene rings is 1. The molecule has 1 saturated heterocycles. The zero-order valence-corrected chi connectivity index (χ0v) is 10.3. The SMILES string of the molecule is CC(O)(c1cccc(F)c1)C1(C#N)CCOCC1. The fourth-order valence-electron chi connectivity index (χ4n) is 2.49. The quantitative estimate of drug-likeness (QED) is 0.875. The summed E-state index contributed by atoms with van der Waals surface area (Å²) in [5.74, 6) is -0.409. The van der Waals surface area contributed by atoms with E-state index in [4.69, 9.17) is 4.74 Å². The van der Waals surface area contributed by atoms with Gasteiger partial charge in [-0.15, -0.1) is 0 Å². The highest BCUT2D eigenvalue weighted by atomic mass is 19.1. The average Bonchev–Trinajstić information content (AvgIpc) is 2.39. The van der Waals surface area contributed by atoms with Crippen LogP contribution >= 0.6 is 0 Å². The van der Waals surface area contributed by atoms with E-state index >= 15 is 0 Å². The van der Waals surface area contributed by atoms with Crippen LogP contribution in [0.4, 0.5) is 4.39 Å². The first-order chi connectivity index (χ1) is 8.52. The average molecular weight is 249 g/mol. The summed E-state index contributed by atoms with van der Waals surface area (Å²) < 4.78 is 18.5. The van der Waals surface area contributed by atoms with Crippen molar-refractivity contribution < 1.29 is 14.2 Å². The second-order valence-electron chi connectivity index (χ2n) is 4.89. The molecule has 1 aromatic rings. The lowest BCUT2D eigenvalue weighted by atomic mass is 9.66. The van der Waals surface area contributed by atoms with Crippen molar-refractivity contribution in [2.75, 3.05) is 13.2 Å². The van der Waals surface area contributed by atoms with E-state index < -0.39 is 16.8 Å². The first-order valence-corrected chi connectivity index (χ1v) is 5.99. The lowest BCUT2D eigenvalue weighted by Gasteiger charge is -2.42. The van der Waals surface area contributed by atoms with Gasteiger partial charge in [-0.25, -0.2) is 4.39 Å². The molecular formula is C14H16FNO2. The van der Waals surface area contributed by atoms with Gasteiger partial charge in [0.2, 0.25) is 0 Å². The Labute approximate surface area is 106 Å². The molecule has 1 N–H and O–H groups in total. The number of ether oxygens (including phenoxy) is 1. The number of nitrogens with zero attached hydrogens (tertiary/aromatic N) is 1. The van der Waals surface area contributed by atoms with Gasteiger partial charge in [0.1, 0.15) is 11.4 Å². The maximum atomic E-state index is 13.3. The van der Waals surface area contributed by atoms with Crippen molar-refractivity contribution in [3.05, 3.63) is 35.6 Å². The molecule has 0 amide bonds. The van der Waals surface area contributed by atoms with Gasteiger partial charge in [-0.2, -0.15) is 5.26 Å². The molecule has 0 aliphatic carbocycles. The number of hydrogen-bond donors (Lipinski definition) is 1. The number of nitriles is 1. The van der Waals surface area contributed by atoms with Gasteiger partial charge in [0.05, 0.1) is 11.5 Å². The van der Waals surface area contributed by atoms with Crippen molar-refractivity contribution in [1.82, 2.24) is 0 Å². The Kier molecular flexibility index (Phi) is 3.38. The van der Waals surface area contributed by atoms with E-state index in [2.05, 4.69) is 6.07 Å². The summed E-state index contributed by atoms with van der Waals surface area (Å²) in [4.78, 5) is 0. The molecular weight excluding hydrogens is 233 g/mol. The monoisotopic (exact) mass is 249 g/mol. The van der Waals surface area contributed by atoms with Crippen LogP contribution in [0.15, 0.2) is 24.3 Å². The molecule has 4 heteroatoms. The molecule has 1 aliphatic heterocycles. The van der Waals surface area contributed by atoms with Crippen LogP contribution in [-0.4, -0.2) is 18.3 Å². The maximum absolute atomic E-state index is 13.3. The van der Waals surface area contributed by atoms with E-state index in [9.17, 15) is 14.8 Å². The predicted octanol–water partition coefficient (Wildman–Crippen LogP) is 2.35. The second kappa shape index (κ2) is 4.68. The molecule has 2 rings (SSSR count). The first kappa shape index (κ1) is 13.0. The molecule has 0 radical (unpaired) electrons. The minimum Gasteiger partial charge on any atom is -0.384 e. The zero-order valence-electron chi connectivity index (χ0n) is 10.3. The summed E-state index contributed by atoms with van der Waals surface area (Å²) in [7, 11) is 0. The Balaban J connectivity index is 2.43. The van der Waals surface area contributed by atoms with Crippen LogP contribution in [0.25, 0.3) is 0 Å². The Hall–Kier alpha value is -1.44. The Bertz CT molecular complexity index is 473. The number of rotatable bonds is 2. The van der Waals surface area contributed by atoms with Crippen molar-refractivity contribution in [3.8, 4) is 6.07 Å². The molecule has 18 heavy (non-hydrogen) atoms. The van der Waals surface area contributed by atoms with Gasteiger partial charge in [0.25, 0.3) is 0 Å². The van der Waals surface area contributed by atoms with Crippen LogP contribution in [0.1, 0.15) is 25.3 Å². The van der Waals surface area contributed by atoms with Gasteiger partial charge in [-0.05, 0) is 37.5 Å². The molecule has 3 nitrogen and oxygen atoms in total. The van der Waals surface area contributed by atoms with Crippen LogP contribution in [-0.2, 0) is 10.3 Å². The molecule has 1 heterocycles. The molecule has 0 bridgehead atoms. The third kappa shape index (κ3) is 2.00. The fraction of sp³-hybridized carbons (Fsp3) is 0.500. The molecule has 96 valence electrons. The number of aliphatic hydroxyl groups is 1. The summed E-state index contributed by atoms with van der Waals surface area (Å²) in [5, 5.41) is 20.2. The van der Waals surface area contributed by atoms with Crippen molar-refractivity contribution in [2.45, 2.75) is 25.4 Å². The second-order valence-corrected chi connectivity index (χ2v) is 4.89. The molecule has 0 spiro atoms. The highest BCUT2D eigenvalue weighted by molar-refractivity contribution is 5.29. The van der Waals surface area contributed by atoms with Crippen molar-refractivity contribution in [3.63, 3.8) is 0 Å². The van der Waals surface area contributed by atoms with Crippen molar-refractivity contribution in [2.24, 2.45) is 5.41 Å². The van der Waals surface area contributed by atoms with Gasteiger partial charge < -0.3 is 9.84 Å². The first-order valence-electron chi connectivity index (χ1n) is 5.99. The molecule has 1 unspecified atom stereocenters. The van der Waals surface area contributed by atoms with Crippen LogP contribution < -0.4 is 0 Å². The van der Waals surface area contributed by atoms with Gasteiger partial charge in [-0.3, -0.25) is 0 Å². The van der Waals surface area contributed by atoms with E-state index in [1.54, 1.807) is 19.1 Å².